The van der Waals surface area contributed by atoms with Gasteiger partial charge >= 0.3 is 0 Å². The van der Waals surface area contributed by atoms with Gasteiger partial charge in [0, 0.05) is 18.6 Å². The van der Waals surface area contributed by atoms with Crippen molar-refractivity contribution < 1.29 is 9.21 Å². The average molecular weight is 420 g/mol. The quantitative estimate of drug-likeness (QED) is 0.492. The number of benzene rings is 2. The van der Waals surface area contributed by atoms with Crippen LogP contribution >= 0.6 is 0 Å². The SMILES string of the molecule is CC[C@H](C)NC(=O)c1coc(CN(Cc2ccc(C)cc2C)[C@@H](C)c2ccccc2)n1. The minimum Gasteiger partial charge on any atom is -0.447 e. The molecule has 2 aromatic carbocycles. The van der Waals surface area contributed by atoms with Gasteiger partial charge < -0.3 is 9.73 Å². The minimum absolute atomic E-state index is 0.103. The van der Waals surface area contributed by atoms with Crippen LogP contribution in [0.2, 0.25) is 0 Å². The van der Waals surface area contributed by atoms with E-state index in [1.165, 1.54) is 28.5 Å². The van der Waals surface area contributed by atoms with E-state index in [4.69, 9.17) is 4.42 Å². The maximum absolute atomic E-state index is 12.4. The molecule has 3 aromatic rings. The molecule has 0 fully saturated rings. The standard InChI is InChI=1S/C26H33N3O2/c1-6-20(4)27-26(30)24-17-31-25(28-24)16-29(21(5)22-10-8-7-9-11-22)15-23-13-12-18(2)14-19(23)3/h7-14,17,20-21H,6,15-16H2,1-5H3,(H,27,30)/t20-,21-/m0/s1. The van der Waals surface area contributed by atoms with Crippen molar-refractivity contribution in [2.75, 3.05) is 0 Å². The van der Waals surface area contributed by atoms with Gasteiger partial charge in [0.2, 0.25) is 5.89 Å². The maximum atomic E-state index is 12.4. The lowest BCUT2D eigenvalue weighted by atomic mass is 10.0. The highest BCUT2D eigenvalue weighted by molar-refractivity contribution is 5.92. The minimum atomic E-state index is -0.193. The Balaban J connectivity index is 1.82. The first kappa shape index (κ1) is 22.8. The first-order valence-electron chi connectivity index (χ1n) is 11.0. The van der Waals surface area contributed by atoms with Gasteiger partial charge in [-0.05, 0) is 50.8 Å². The smallest absolute Gasteiger partial charge is 0.273 e. The fourth-order valence-electron chi connectivity index (χ4n) is 3.58. The lowest BCUT2D eigenvalue weighted by molar-refractivity contribution is 0.0934. The number of oxazole rings is 1. The van der Waals surface area contributed by atoms with Crippen LogP contribution < -0.4 is 5.32 Å². The third-order valence-electron chi connectivity index (χ3n) is 5.81. The van der Waals surface area contributed by atoms with Crippen LogP contribution in [0.3, 0.4) is 0 Å². The summed E-state index contributed by atoms with van der Waals surface area (Å²) in [6.45, 7) is 11.7. The van der Waals surface area contributed by atoms with Gasteiger partial charge in [-0.15, -0.1) is 0 Å². The van der Waals surface area contributed by atoms with Crippen molar-refractivity contribution in [2.45, 2.75) is 66.2 Å². The predicted molar refractivity (Wildman–Crippen MR) is 124 cm³/mol. The van der Waals surface area contributed by atoms with Crippen LogP contribution in [0.1, 0.15) is 71.9 Å². The summed E-state index contributed by atoms with van der Waals surface area (Å²) in [4.78, 5) is 19.2. The third kappa shape index (κ3) is 6.05. The molecule has 31 heavy (non-hydrogen) atoms. The molecule has 0 saturated heterocycles. The molecule has 1 N–H and O–H groups in total. The molecule has 0 unspecified atom stereocenters. The summed E-state index contributed by atoms with van der Waals surface area (Å²) in [6, 6.07) is 17.2. The van der Waals surface area contributed by atoms with E-state index in [0.717, 1.165) is 13.0 Å². The monoisotopic (exact) mass is 419 g/mol. The number of rotatable bonds is 9. The molecule has 1 amide bonds. The molecule has 0 saturated carbocycles. The summed E-state index contributed by atoms with van der Waals surface area (Å²) in [7, 11) is 0. The number of aromatic nitrogens is 1. The first-order valence-corrected chi connectivity index (χ1v) is 11.0. The normalized spacial score (nSPS) is 13.2. The van der Waals surface area contributed by atoms with Gasteiger partial charge in [0.05, 0.1) is 6.54 Å². The number of aryl methyl sites for hydroxylation is 2. The van der Waals surface area contributed by atoms with Crippen LogP contribution in [-0.4, -0.2) is 21.8 Å². The topological polar surface area (TPSA) is 58.4 Å². The van der Waals surface area contributed by atoms with Crippen LogP contribution in [-0.2, 0) is 13.1 Å². The molecule has 0 bridgehead atoms. The van der Waals surface area contributed by atoms with Gasteiger partial charge in [-0.25, -0.2) is 4.98 Å². The molecule has 164 valence electrons. The fourth-order valence-corrected chi connectivity index (χ4v) is 3.58. The molecular formula is C26H33N3O2. The number of nitrogens with one attached hydrogen (secondary N) is 1. The lowest BCUT2D eigenvalue weighted by Crippen LogP contribution is -2.32. The van der Waals surface area contributed by atoms with E-state index >= 15 is 0 Å². The van der Waals surface area contributed by atoms with E-state index in [9.17, 15) is 4.79 Å². The van der Waals surface area contributed by atoms with Crippen molar-refractivity contribution in [1.29, 1.82) is 0 Å². The zero-order valence-corrected chi connectivity index (χ0v) is 19.2. The van der Waals surface area contributed by atoms with Crippen LogP contribution in [0.4, 0.5) is 0 Å². The highest BCUT2D eigenvalue weighted by atomic mass is 16.3. The Labute approximate surface area is 185 Å². The zero-order chi connectivity index (χ0) is 22.4. The summed E-state index contributed by atoms with van der Waals surface area (Å²) >= 11 is 0. The van der Waals surface area contributed by atoms with E-state index < -0.39 is 0 Å². The molecule has 0 radical (unpaired) electrons. The Kier molecular flexibility index (Phi) is 7.64. The van der Waals surface area contributed by atoms with E-state index in [2.05, 4.69) is 78.4 Å². The first-order chi connectivity index (χ1) is 14.9. The lowest BCUT2D eigenvalue weighted by Gasteiger charge is -2.29. The zero-order valence-electron chi connectivity index (χ0n) is 19.2. The number of nitrogens with zero attached hydrogens (tertiary/aromatic N) is 2. The Morgan fingerprint density at radius 1 is 1.10 bits per heavy atom. The number of carbonyl (C=O) groups is 1. The second-order valence-corrected chi connectivity index (χ2v) is 8.33. The van der Waals surface area contributed by atoms with Gasteiger partial charge in [0.25, 0.3) is 5.91 Å². The second-order valence-electron chi connectivity index (χ2n) is 8.33. The third-order valence-corrected chi connectivity index (χ3v) is 5.81. The van der Waals surface area contributed by atoms with Crippen LogP contribution in [0, 0.1) is 13.8 Å². The Morgan fingerprint density at radius 2 is 1.84 bits per heavy atom. The van der Waals surface area contributed by atoms with Gasteiger partial charge in [0.1, 0.15) is 6.26 Å². The van der Waals surface area contributed by atoms with Crippen LogP contribution in [0.25, 0.3) is 0 Å². The molecule has 1 aromatic heterocycles. The molecule has 0 aliphatic rings. The van der Waals surface area contributed by atoms with Crippen molar-refractivity contribution >= 4 is 5.91 Å². The van der Waals surface area contributed by atoms with E-state index in [1.807, 2.05) is 19.9 Å². The predicted octanol–water partition coefficient (Wildman–Crippen LogP) is 5.58. The fraction of sp³-hybridized carbons (Fsp3) is 0.385. The average Bonchev–Trinajstić information content (AvgIpc) is 3.23. The van der Waals surface area contributed by atoms with Gasteiger partial charge in [-0.2, -0.15) is 0 Å². The summed E-state index contributed by atoms with van der Waals surface area (Å²) < 4.78 is 5.69. The summed E-state index contributed by atoms with van der Waals surface area (Å²) in [6.07, 6.45) is 2.32. The van der Waals surface area contributed by atoms with E-state index in [1.54, 1.807) is 0 Å². The highest BCUT2D eigenvalue weighted by Crippen LogP contribution is 2.25. The molecule has 0 spiro atoms. The van der Waals surface area contributed by atoms with Crippen molar-refractivity contribution in [1.82, 2.24) is 15.2 Å². The Hall–Kier alpha value is -2.92. The van der Waals surface area contributed by atoms with Gasteiger partial charge in [-0.3, -0.25) is 9.69 Å². The molecule has 2 atom stereocenters. The molecule has 5 heteroatoms. The largest absolute Gasteiger partial charge is 0.447 e. The van der Waals surface area contributed by atoms with Crippen LogP contribution in [0.5, 0.6) is 0 Å². The molecular weight excluding hydrogens is 386 g/mol. The molecule has 5 nitrogen and oxygen atoms in total. The number of carbonyl (C=O) groups excluding carboxylic acids is 1. The van der Waals surface area contributed by atoms with Gasteiger partial charge in [0.15, 0.2) is 5.69 Å². The molecule has 0 aliphatic carbocycles. The molecule has 1 heterocycles. The van der Waals surface area contributed by atoms with Crippen molar-refractivity contribution in [3.63, 3.8) is 0 Å². The summed E-state index contributed by atoms with van der Waals surface area (Å²) in [5.74, 6) is 0.350. The number of amides is 1. The van der Waals surface area contributed by atoms with Crippen molar-refractivity contribution in [2.24, 2.45) is 0 Å². The Morgan fingerprint density at radius 3 is 2.52 bits per heavy atom. The summed E-state index contributed by atoms with van der Waals surface area (Å²) in [5.41, 5.74) is 5.36. The number of hydrogen-bond donors (Lipinski definition) is 1. The van der Waals surface area contributed by atoms with Crippen molar-refractivity contribution in [3.8, 4) is 0 Å². The van der Waals surface area contributed by atoms with Crippen LogP contribution in [0.15, 0.2) is 59.2 Å². The number of hydrogen-bond acceptors (Lipinski definition) is 4. The second kappa shape index (κ2) is 10.4. The molecule has 0 aliphatic heterocycles. The van der Waals surface area contributed by atoms with E-state index in [0.29, 0.717) is 18.1 Å². The van der Waals surface area contributed by atoms with Crippen molar-refractivity contribution in [3.05, 3.63) is 88.6 Å². The highest BCUT2D eigenvalue weighted by Gasteiger charge is 2.21. The van der Waals surface area contributed by atoms with E-state index in [-0.39, 0.29) is 18.0 Å². The van der Waals surface area contributed by atoms with Gasteiger partial charge in [-0.1, -0.05) is 61.0 Å². The molecule has 3 rings (SSSR count). The summed E-state index contributed by atoms with van der Waals surface area (Å²) in [5, 5.41) is 2.94. The Bertz CT molecular complexity index is 997. The maximum Gasteiger partial charge on any atom is 0.273 e.